The number of rotatable bonds is 16. The summed E-state index contributed by atoms with van der Waals surface area (Å²) in [5.74, 6) is 0. The van der Waals surface area contributed by atoms with Crippen LogP contribution in [0.1, 0.15) is 110 Å². The van der Waals surface area contributed by atoms with Crippen molar-refractivity contribution in [2.24, 2.45) is 0 Å². The molecule has 1 nitrogen and oxygen atoms in total. The quantitative estimate of drug-likeness (QED) is 0.223. The molecule has 0 bridgehead atoms. The van der Waals surface area contributed by atoms with Crippen molar-refractivity contribution in [1.82, 2.24) is 0 Å². The van der Waals surface area contributed by atoms with E-state index in [2.05, 4.69) is 6.92 Å². The van der Waals surface area contributed by atoms with Gasteiger partial charge < -0.3 is 4.79 Å². The Kier molecular flexibility index (Phi) is 35.4. The molecule has 0 aromatic rings. The van der Waals surface area contributed by atoms with Crippen molar-refractivity contribution in [1.29, 1.82) is 0 Å². The van der Waals surface area contributed by atoms with Gasteiger partial charge in [0.2, 0.25) is 0 Å². The number of hydrogen-bond donors (Lipinski definition) is 0. The number of carbonyl (C=O) groups excluding carboxylic acids is 1. The minimum absolute atomic E-state index is 0. The first-order valence-corrected chi connectivity index (χ1v) is 8.85. The Morgan fingerprint density at radius 3 is 1.14 bits per heavy atom. The van der Waals surface area contributed by atoms with Gasteiger partial charge in [-0.1, -0.05) is 96.8 Å². The van der Waals surface area contributed by atoms with E-state index in [0.717, 1.165) is 19.1 Å². The molecule has 0 aromatic carbocycles. The summed E-state index contributed by atoms with van der Waals surface area (Å²) in [5.41, 5.74) is 0. The maximum absolute atomic E-state index is 10.1. The Bertz CT molecular complexity index is 177. The van der Waals surface area contributed by atoms with Gasteiger partial charge in [-0.25, -0.2) is 0 Å². The van der Waals surface area contributed by atoms with E-state index in [1.165, 1.54) is 89.9 Å². The van der Waals surface area contributed by atoms with Gasteiger partial charge in [-0.05, 0) is 6.42 Å². The Morgan fingerprint density at radius 2 is 0.857 bits per heavy atom. The van der Waals surface area contributed by atoms with Gasteiger partial charge in [-0.2, -0.15) is 0 Å². The van der Waals surface area contributed by atoms with Crippen LogP contribution in [0.25, 0.3) is 0 Å². The van der Waals surface area contributed by atoms with Crippen LogP contribution < -0.4 is 0 Å². The molecular weight excluding hydrogens is 295 g/mol. The van der Waals surface area contributed by atoms with Crippen LogP contribution in [-0.4, -0.2) is 73.6 Å². The second kappa shape index (κ2) is 26.8. The molecule has 21 heavy (non-hydrogen) atoms. The fraction of sp³-hybridized carbons (Fsp3) is 0.944. The van der Waals surface area contributed by atoms with E-state index in [-0.39, 0.29) is 67.3 Å². The average Bonchev–Trinajstić information content (AvgIpc) is 2.43. The van der Waals surface area contributed by atoms with Crippen molar-refractivity contribution < 1.29 is 4.79 Å². The van der Waals surface area contributed by atoms with Crippen LogP contribution in [0.4, 0.5) is 0 Å². The molecule has 0 saturated heterocycles. The Morgan fingerprint density at radius 1 is 0.571 bits per heavy atom. The fourth-order valence-electron chi connectivity index (χ4n) is 2.60. The van der Waals surface area contributed by atoms with Gasteiger partial charge in [0.1, 0.15) is 6.29 Å². The third-order valence-electron chi connectivity index (χ3n) is 3.93. The van der Waals surface area contributed by atoms with Gasteiger partial charge in [0.25, 0.3) is 0 Å². The van der Waals surface area contributed by atoms with Crippen molar-refractivity contribution in [3.05, 3.63) is 0 Å². The summed E-state index contributed by atoms with van der Waals surface area (Å²) in [7, 11) is 0. The Labute approximate surface area is 186 Å². The monoisotopic (exact) mass is 334 g/mol. The zero-order valence-electron chi connectivity index (χ0n) is 13.3. The predicted octanol–water partition coefficient (Wildman–Crippen LogP) is 4.88. The second-order valence-electron chi connectivity index (χ2n) is 5.91. The van der Waals surface area contributed by atoms with Crippen molar-refractivity contribution in [2.45, 2.75) is 110 Å². The Hall–Kier alpha value is 1.93. The molecule has 120 valence electrons. The standard InChI is InChI=1S/C18H36O.Ca.Na.3H/c1-2-3-4-5-6-7-8-9-10-11-12-13-14-15-16-17-18-19;;;;;/h18H,2-17H2,1H3;;;;;. The van der Waals surface area contributed by atoms with Gasteiger partial charge in [0.05, 0.1) is 0 Å². The third kappa shape index (κ3) is 27.1. The van der Waals surface area contributed by atoms with Crippen molar-refractivity contribution in [3.63, 3.8) is 0 Å². The zero-order chi connectivity index (χ0) is 14.0. The van der Waals surface area contributed by atoms with Gasteiger partial charge in [-0.3, -0.25) is 0 Å². The second-order valence-corrected chi connectivity index (χ2v) is 5.91. The normalized spacial score (nSPS) is 9.76. The van der Waals surface area contributed by atoms with Crippen molar-refractivity contribution >= 4 is 73.6 Å². The van der Waals surface area contributed by atoms with Crippen LogP contribution in [0.2, 0.25) is 0 Å². The van der Waals surface area contributed by atoms with E-state index in [1.807, 2.05) is 0 Å². The third-order valence-corrected chi connectivity index (χ3v) is 3.93. The zero-order valence-corrected chi connectivity index (χ0v) is 13.3. The molecule has 0 aliphatic carbocycles. The molecule has 0 radical (unpaired) electrons. The molecule has 0 aliphatic rings. The summed E-state index contributed by atoms with van der Waals surface area (Å²) < 4.78 is 0. The SMILES string of the molecule is CCCCCCCCCCCCCCCCCC=O.[CaH2].[NaH]. The van der Waals surface area contributed by atoms with Crippen LogP contribution in [-0.2, 0) is 4.79 Å². The molecule has 0 atom stereocenters. The van der Waals surface area contributed by atoms with Crippen LogP contribution in [0.3, 0.4) is 0 Å². The average molecular weight is 335 g/mol. The first kappa shape index (κ1) is 27.8. The topological polar surface area (TPSA) is 17.1 Å². The molecule has 0 fully saturated rings. The predicted molar refractivity (Wildman–Crippen MR) is 101 cm³/mol. The number of carbonyl (C=O) groups is 1. The maximum atomic E-state index is 10.1. The fourth-order valence-corrected chi connectivity index (χ4v) is 2.60. The van der Waals surface area contributed by atoms with Crippen molar-refractivity contribution in [3.8, 4) is 0 Å². The van der Waals surface area contributed by atoms with Crippen LogP contribution in [0, 0.1) is 0 Å². The summed E-state index contributed by atoms with van der Waals surface area (Å²) >= 11 is 0. The molecule has 0 aromatic heterocycles. The molecule has 0 amide bonds. The molecular formula is C18H39CaNaO. The summed E-state index contributed by atoms with van der Waals surface area (Å²) in [6, 6.07) is 0. The van der Waals surface area contributed by atoms with Gasteiger partial charge in [0.15, 0.2) is 0 Å². The molecule has 0 heterocycles. The van der Waals surface area contributed by atoms with E-state index in [1.54, 1.807) is 0 Å². The molecule has 0 rings (SSSR count). The van der Waals surface area contributed by atoms with Crippen LogP contribution >= 0.6 is 0 Å². The number of hydrogen-bond acceptors (Lipinski definition) is 1. The van der Waals surface area contributed by atoms with Gasteiger partial charge >= 0.3 is 67.3 Å². The first-order chi connectivity index (χ1) is 9.41. The van der Waals surface area contributed by atoms with E-state index in [9.17, 15) is 4.79 Å². The molecule has 0 unspecified atom stereocenters. The van der Waals surface area contributed by atoms with Crippen LogP contribution in [0.15, 0.2) is 0 Å². The van der Waals surface area contributed by atoms with Crippen LogP contribution in [0.5, 0.6) is 0 Å². The van der Waals surface area contributed by atoms with Gasteiger partial charge in [0, 0.05) is 6.42 Å². The van der Waals surface area contributed by atoms with E-state index >= 15 is 0 Å². The molecule has 0 spiro atoms. The Balaban J connectivity index is -0.00000162. The molecule has 0 N–H and O–H groups in total. The number of aldehydes is 1. The van der Waals surface area contributed by atoms with Crippen molar-refractivity contribution in [2.75, 3.05) is 0 Å². The summed E-state index contributed by atoms with van der Waals surface area (Å²) in [6.45, 7) is 2.28. The summed E-state index contributed by atoms with van der Waals surface area (Å²) in [4.78, 5) is 10.1. The summed E-state index contributed by atoms with van der Waals surface area (Å²) in [5, 5.41) is 0. The van der Waals surface area contributed by atoms with E-state index in [4.69, 9.17) is 0 Å². The molecule has 3 heteroatoms. The van der Waals surface area contributed by atoms with Gasteiger partial charge in [-0.15, -0.1) is 0 Å². The molecule has 0 saturated carbocycles. The van der Waals surface area contributed by atoms with E-state index in [0.29, 0.717) is 0 Å². The van der Waals surface area contributed by atoms with E-state index < -0.39 is 0 Å². The molecule has 0 aliphatic heterocycles. The minimum atomic E-state index is 0. The number of unbranched alkanes of at least 4 members (excludes halogenated alkanes) is 15. The first-order valence-electron chi connectivity index (χ1n) is 8.85. The summed E-state index contributed by atoms with van der Waals surface area (Å²) in [6.07, 6.45) is 22.6.